The predicted octanol–water partition coefficient (Wildman–Crippen LogP) is 2.75. The van der Waals surface area contributed by atoms with E-state index in [1.807, 2.05) is 0 Å². The first kappa shape index (κ1) is 11.8. The van der Waals surface area contributed by atoms with E-state index in [0.717, 1.165) is 18.2 Å². The monoisotopic (exact) mass is 239 g/mol. The van der Waals surface area contributed by atoms with Crippen molar-refractivity contribution in [2.45, 2.75) is 32.7 Å². The van der Waals surface area contributed by atoms with Crippen LogP contribution in [0.25, 0.3) is 0 Å². The first-order chi connectivity index (χ1) is 7.74. The van der Waals surface area contributed by atoms with Crippen LogP contribution in [0, 0.1) is 5.92 Å². The number of aromatic nitrogens is 2. The van der Waals surface area contributed by atoms with E-state index in [9.17, 15) is 0 Å². The molecule has 0 spiro atoms. The molecule has 1 saturated heterocycles. The van der Waals surface area contributed by atoms with Crippen LogP contribution in [0.1, 0.15) is 31.9 Å². The van der Waals surface area contributed by atoms with Crippen LogP contribution in [0.4, 0.5) is 0 Å². The summed E-state index contributed by atoms with van der Waals surface area (Å²) in [5.74, 6) is 0.862. The van der Waals surface area contributed by atoms with Crippen molar-refractivity contribution in [2.75, 3.05) is 13.1 Å². The predicted molar refractivity (Wildman–Crippen MR) is 65.3 cm³/mol. The number of nitrogens with zero attached hydrogens (tertiary/aromatic N) is 3. The van der Waals surface area contributed by atoms with Crippen LogP contribution in [-0.2, 0) is 6.54 Å². The second kappa shape index (κ2) is 5.60. The second-order valence-corrected chi connectivity index (χ2v) is 5.03. The summed E-state index contributed by atoms with van der Waals surface area (Å²) >= 11 is 5.71. The van der Waals surface area contributed by atoms with Gasteiger partial charge in [-0.2, -0.15) is 0 Å². The molecular weight excluding hydrogens is 222 g/mol. The quantitative estimate of drug-likeness (QED) is 0.795. The Bertz CT molecular complexity index is 326. The van der Waals surface area contributed by atoms with Gasteiger partial charge in [-0.1, -0.05) is 18.5 Å². The smallest absolute Gasteiger partial charge is 0.147 e. The molecular formula is C12H18ClN3. The van der Waals surface area contributed by atoms with Crippen molar-refractivity contribution in [3.05, 3.63) is 23.2 Å². The molecule has 2 rings (SSSR count). The van der Waals surface area contributed by atoms with Crippen molar-refractivity contribution in [3.63, 3.8) is 0 Å². The van der Waals surface area contributed by atoms with Crippen LogP contribution in [0.2, 0.25) is 5.15 Å². The van der Waals surface area contributed by atoms with Gasteiger partial charge in [0.1, 0.15) is 5.15 Å². The topological polar surface area (TPSA) is 29.0 Å². The lowest BCUT2D eigenvalue weighted by Gasteiger charge is -2.18. The van der Waals surface area contributed by atoms with Crippen LogP contribution in [0.5, 0.6) is 0 Å². The molecule has 16 heavy (non-hydrogen) atoms. The lowest BCUT2D eigenvalue weighted by Crippen LogP contribution is -2.24. The lowest BCUT2D eigenvalue weighted by atomic mass is 10.0. The van der Waals surface area contributed by atoms with E-state index in [0.29, 0.717) is 5.15 Å². The molecule has 0 radical (unpaired) electrons. The van der Waals surface area contributed by atoms with Crippen LogP contribution in [-0.4, -0.2) is 28.0 Å². The largest absolute Gasteiger partial charge is 0.297 e. The Balaban J connectivity index is 1.91. The zero-order valence-corrected chi connectivity index (χ0v) is 10.5. The highest BCUT2D eigenvalue weighted by Crippen LogP contribution is 2.17. The highest BCUT2D eigenvalue weighted by atomic mass is 35.5. The molecule has 0 bridgehead atoms. The molecule has 1 fully saturated rings. The molecule has 1 atom stereocenters. The van der Waals surface area contributed by atoms with Gasteiger partial charge < -0.3 is 0 Å². The van der Waals surface area contributed by atoms with E-state index >= 15 is 0 Å². The van der Waals surface area contributed by atoms with Gasteiger partial charge in [-0.15, -0.1) is 0 Å². The third kappa shape index (κ3) is 3.42. The zero-order valence-electron chi connectivity index (χ0n) is 9.69. The Labute approximate surface area is 102 Å². The first-order valence-electron chi connectivity index (χ1n) is 5.93. The Morgan fingerprint density at radius 3 is 2.94 bits per heavy atom. The number of likely N-dealkylation sites (tertiary alicyclic amines) is 1. The maximum atomic E-state index is 5.71. The summed E-state index contributed by atoms with van der Waals surface area (Å²) in [4.78, 5) is 10.8. The fraction of sp³-hybridized carbons (Fsp3) is 0.667. The third-order valence-corrected chi connectivity index (χ3v) is 3.36. The standard InChI is InChI=1S/C12H18ClN3/c1-10-3-2-5-16(6-4-10)9-11-7-15-12(13)8-14-11/h7-8,10H,2-6,9H2,1H3. The molecule has 1 aromatic rings. The highest BCUT2D eigenvalue weighted by Gasteiger charge is 2.14. The summed E-state index contributed by atoms with van der Waals surface area (Å²) in [5.41, 5.74) is 1.01. The normalized spacial score (nSPS) is 23.0. The minimum absolute atomic E-state index is 0.466. The number of hydrogen-bond donors (Lipinski definition) is 0. The van der Waals surface area contributed by atoms with Gasteiger partial charge in [-0.25, -0.2) is 4.98 Å². The summed E-state index contributed by atoms with van der Waals surface area (Å²) in [7, 11) is 0. The molecule has 3 nitrogen and oxygen atoms in total. The number of hydrogen-bond acceptors (Lipinski definition) is 3. The van der Waals surface area contributed by atoms with Gasteiger partial charge in [0, 0.05) is 6.54 Å². The Kier molecular flexibility index (Phi) is 4.13. The van der Waals surface area contributed by atoms with Crippen molar-refractivity contribution < 1.29 is 0 Å². The van der Waals surface area contributed by atoms with E-state index in [1.165, 1.54) is 32.4 Å². The van der Waals surface area contributed by atoms with Crippen LogP contribution in [0.15, 0.2) is 12.4 Å². The van der Waals surface area contributed by atoms with Gasteiger partial charge in [0.05, 0.1) is 18.1 Å². The number of rotatable bonds is 2. The fourth-order valence-electron chi connectivity index (χ4n) is 2.13. The Hall–Kier alpha value is -0.670. The molecule has 0 aliphatic carbocycles. The average molecular weight is 240 g/mol. The summed E-state index contributed by atoms with van der Waals surface area (Å²) in [5, 5.41) is 0.466. The van der Waals surface area contributed by atoms with Gasteiger partial charge in [-0.3, -0.25) is 9.88 Å². The third-order valence-electron chi connectivity index (χ3n) is 3.17. The molecule has 0 N–H and O–H groups in total. The Morgan fingerprint density at radius 2 is 2.19 bits per heavy atom. The molecule has 1 unspecified atom stereocenters. The van der Waals surface area contributed by atoms with Gasteiger partial charge >= 0.3 is 0 Å². The number of halogens is 1. The van der Waals surface area contributed by atoms with E-state index < -0.39 is 0 Å². The summed E-state index contributed by atoms with van der Waals surface area (Å²) in [6, 6.07) is 0. The highest BCUT2D eigenvalue weighted by molar-refractivity contribution is 6.29. The average Bonchev–Trinajstić information content (AvgIpc) is 2.47. The fourth-order valence-corrected chi connectivity index (χ4v) is 2.23. The molecule has 0 saturated carbocycles. The molecule has 0 aromatic carbocycles. The van der Waals surface area contributed by atoms with Crippen molar-refractivity contribution in [2.24, 2.45) is 5.92 Å². The SMILES string of the molecule is CC1CCCN(Cc2cnc(Cl)cn2)CC1. The molecule has 2 heterocycles. The van der Waals surface area contributed by atoms with Gasteiger partial charge in [0.15, 0.2) is 0 Å². The summed E-state index contributed by atoms with van der Waals surface area (Å²) < 4.78 is 0. The summed E-state index contributed by atoms with van der Waals surface area (Å²) in [6.07, 6.45) is 7.33. The minimum Gasteiger partial charge on any atom is -0.297 e. The van der Waals surface area contributed by atoms with Crippen molar-refractivity contribution in [3.8, 4) is 0 Å². The van der Waals surface area contributed by atoms with E-state index in [1.54, 1.807) is 12.4 Å². The van der Waals surface area contributed by atoms with Crippen molar-refractivity contribution in [1.82, 2.24) is 14.9 Å². The van der Waals surface area contributed by atoms with Gasteiger partial charge in [0.2, 0.25) is 0 Å². The van der Waals surface area contributed by atoms with Crippen molar-refractivity contribution in [1.29, 1.82) is 0 Å². The zero-order chi connectivity index (χ0) is 11.4. The molecule has 0 amide bonds. The molecule has 1 aromatic heterocycles. The molecule has 4 heteroatoms. The molecule has 1 aliphatic rings. The van der Waals surface area contributed by atoms with E-state index in [-0.39, 0.29) is 0 Å². The lowest BCUT2D eigenvalue weighted by molar-refractivity contribution is 0.270. The van der Waals surface area contributed by atoms with E-state index in [4.69, 9.17) is 11.6 Å². The molecule has 1 aliphatic heterocycles. The van der Waals surface area contributed by atoms with Gasteiger partial charge in [0.25, 0.3) is 0 Å². The summed E-state index contributed by atoms with van der Waals surface area (Å²) in [6.45, 7) is 5.59. The Morgan fingerprint density at radius 1 is 1.31 bits per heavy atom. The second-order valence-electron chi connectivity index (χ2n) is 4.64. The van der Waals surface area contributed by atoms with Crippen LogP contribution in [0.3, 0.4) is 0 Å². The van der Waals surface area contributed by atoms with Crippen LogP contribution < -0.4 is 0 Å². The maximum absolute atomic E-state index is 5.71. The minimum atomic E-state index is 0.466. The van der Waals surface area contributed by atoms with Gasteiger partial charge in [-0.05, 0) is 38.3 Å². The van der Waals surface area contributed by atoms with Crippen LogP contribution >= 0.6 is 11.6 Å². The van der Waals surface area contributed by atoms with Crippen molar-refractivity contribution >= 4 is 11.6 Å². The van der Waals surface area contributed by atoms with E-state index in [2.05, 4.69) is 21.8 Å². The molecule has 88 valence electrons. The maximum Gasteiger partial charge on any atom is 0.147 e. The first-order valence-corrected chi connectivity index (χ1v) is 6.30.